The first-order chi connectivity index (χ1) is 11.9. The number of pyridine rings is 2. The van der Waals surface area contributed by atoms with Crippen LogP contribution in [0.5, 0.6) is 0 Å². The summed E-state index contributed by atoms with van der Waals surface area (Å²) in [6, 6.07) is 9.30. The Labute approximate surface area is 146 Å². The number of anilines is 1. The normalized spacial score (nSPS) is 11.4. The van der Waals surface area contributed by atoms with Gasteiger partial charge in [-0.1, -0.05) is 6.07 Å². The maximum absolute atomic E-state index is 12.0. The minimum atomic E-state index is -3.41. The monoisotopic (exact) mass is 355 g/mol. The summed E-state index contributed by atoms with van der Waals surface area (Å²) in [5.41, 5.74) is 1.98. The summed E-state index contributed by atoms with van der Waals surface area (Å²) in [6.45, 7) is 2.51. The van der Waals surface area contributed by atoms with E-state index in [0.29, 0.717) is 24.6 Å². The summed E-state index contributed by atoms with van der Waals surface area (Å²) >= 11 is 0. The van der Waals surface area contributed by atoms with Gasteiger partial charge in [-0.3, -0.25) is 4.31 Å². The highest BCUT2D eigenvalue weighted by molar-refractivity contribution is 7.92. The van der Waals surface area contributed by atoms with Crippen LogP contribution in [0.15, 0.2) is 42.9 Å². The first kappa shape index (κ1) is 16.9. The second-order valence-corrected chi connectivity index (χ2v) is 7.50. The van der Waals surface area contributed by atoms with E-state index in [4.69, 9.17) is 5.26 Å². The Bertz CT molecular complexity index is 1070. The van der Waals surface area contributed by atoms with Gasteiger partial charge in [-0.2, -0.15) is 5.26 Å². The van der Waals surface area contributed by atoms with E-state index in [1.54, 1.807) is 31.5 Å². The zero-order chi connectivity index (χ0) is 18.0. The number of sulfonamides is 1. The highest BCUT2D eigenvalue weighted by Crippen LogP contribution is 2.23. The lowest BCUT2D eigenvalue weighted by molar-refractivity contribution is 0.597. The number of rotatable bonds is 5. The molecule has 0 aliphatic heterocycles. The fourth-order valence-electron chi connectivity index (χ4n) is 2.79. The number of fused-ring (bicyclic) bond motifs is 1. The van der Waals surface area contributed by atoms with E-state index in [1.165, 1.54) is 10.6 Å². The molecule has 3 heterocycles. The van der Waals surface area contributed by atoms with Crippen molar-refractivity contribution in [2.24, 2.45) is 0 Å². The van der Waals surface area contributed by atoms with E-state index in [0.717, 1.165) is 16.5 Å². The minimum absolute atomic E-state index is 0.303. The van der Waals surface area contributed by atoms with Gasteiger partial charge in [-0.25, -0.2) is 18.4 Å². The van der Waals surface area contributed by atoms with E-state index >= 15 is 0 Å². The Morgan fingerprint density at radius 3 is 2.80 bits per heavy atom. The zero-order valence-corrected chi connectivity index (χ0v) is 14.7. The first-order valence-corrected chi connectivity index (χ1v) is 9.55. The van der Waals surface area contributed by atoms with Crippen molar-refractivity contribution in [1.82, 2.24) is 14.5 Å². The third-order valence-corrected chi connectivity index (χ3v) is 5.13. The maximum Gasteiger partial charge on any atom is 0.233 e. The van der Waals surface area contributed by atoms with Crippen molar-refractivity contribution in [3.05, 3.63) is 54.1 Å². The Morgan fingerprint density at radius 1 is 1.32 bits per heavy atom. The van der Waals surface area contributed by atoms with Crippen molar-refractivity contribution in [2.45, 2.75) is 13.5 Å². The standard InChI is InChI=1S/C17H17N5O2S/c1-3-22(25(2,23)24)17-14(5-4-7-19-17)12-21-8-6-13-11-20-15(10-18)9-16(13)21/h4-9,11H,3,12H2,1-2H3. The van der Waals surface area contributed by atoms with Crippen LogP contribution in [0, 0.1) is 11.3 Å². The molecule has 25 heavy (non-hydrogen) atoms. The molecule has 0 fully saturated rings. The van der Waals surface area contributed by atoms with Crippen LogP contribution >= 0.6 is 0 Å². The predicted molar refractivity (Wildman–Crippen MR) is 95.7 cm³/mol. The molecule has 0 radical (unpaired) electrons. The number of hydrogen-bond acceptors (Lipinski definition) is 5. The largest absolute Gasteiger partial charge is 0.343 e. The summed E-state index contributed by atoms with van der Waals surface area (Å²) in [6.07, 6.45) is 6.30. The van der Waals surface area contributed by atoms with Gasteiger partial charge < -0.3 is 4.57 Å². The van der Waals surface area contributed by atoms with Gasteiger partial charge in [-0.05, 0) is 25.1 Å². The van der Waals surface area contributed by atoms with Crippen LogP contribution in [0.1, 0.15) is 18.2 Å². The molecule has 3 aromatic rings. The second kappa shape index (κ2) is 6.53. The molecule has 0 amide bonds. The number of aromatic nitrogens is 3. The third-order valence-electron chi connectivity index (χ3n) is 3.90. The fourth-order valence-corrected chi connectivity index (χ4v) is 3.73. The summed E-state index contributed by atoms with van der Waals surface area (Å²) in [5.74, 6) is 0.420. The van der Waals surface area contributed by atoms with E-state index < -0.39 is 10.0 Å². The SMILES string of the molecule is CCN(c1ncccc1Cn1ccc2cnc(C#N)cc21)S(C)(=O)=O. The lowest BCUT2D eigenvalue weighted by Gasteiger charge is -2.22. The lowest BCUT2D eigenvalue weighted by atomic mass is 10.2. The predicted octanol–water partition coefficient (Wildman–Crippen LogP) is 2.14. The summed E-state index contributed by atoms with van der Waals surface area (Å²) in [7, 11) is -3.41. The molecule has 0 saturated carbocycles. The molecule has 0 N–H and O–H groups in total. The van der Waals surface area contributed by atoms with Gasteiger partial charge in [0.05, 0.1) is 18.3 Å². The molecule has 0 atom stereocenters. The molecular weight excluding hydrogens is 338 g/mol. The van der Waals surface area contributed by atoms with Gasteiger partial charge in [0, 0.05) is 36.1 Å². The van der Waals surface area contributed by atoms with Gasteiger partial charge >= 0.3 is 0 Å². The van der Waals surface area contributed by atoms with Crippen LogP contribution in [-0.4, -0.2) is 35.8 Å². The van der Waals surface area contributed by atoms with Crippen LogP contribution in [0.4, 0.5) is 5.82 Å². The summed E-state index contributed by atoms with van der Waals surface area (Å²) in [4.78, 5) is 8.34. The molecule has 0 aliphatic carbocycles. The molecule has 0 aromatic carbocycles. The molecule has 7 nitrogen and oxygen atoms in total. The molecule has 3 aromatic heterocycles. The average Bonchev–Trinajstić information content (AvgIpc) is 2.98. The molecule has 0 unspecified atom stereocenters. The van der Waals surface area contributed by atoms with Gasteiger partial charge in [0.25, 0.3) is 0 Å². The van der Waals surface area contributed by atoms with Crippen molar-refractivity contribution in [2.75, 3.05) is 17.1 Å². The highest BCUT2D eigenvalue weighted by atomic mass is 32.2. The van der Waals surface area contributed by atoms with Gasteiger partial charge in [0.15, 0.2) is 0 Å². The molecule has 0 spiro atoms. The van der Waals surface area contributed by atoms with Crippen molar-refractivity contribution in [3.8, 4) is 6.07 Å². The molecule has 0 saturated heterocycles. The summed E-state index contributed by atoms with van der Waals surface area (Å²) in [5, 5.41) is 9.96. The molecule has 0 aliphatic rings. The quantitative estimate of drug-likeness (QED) is 0.699. The second-order valence-electron chi connectivity index (χ2n) is 5.60. The number of nitrogens with zero attached hydrogens (tertiary/aromatic N) is 5. The fraction of sp³-hybridized carbons (Fsp3) is 0.235. The first-order valence-electron chi connectivity index (χ1n) is 7.70. The molecule has 0 bridgehead atoms. The van der Waals surface area contributed by atoms with Crippen LogP contribution < -0.4 is 4.31 Å². The Hall–Kier alpha value is -2.92. The van der Waals surface area contributed by atoms with Crippen LogP contribution in [0.3, 0.4) is 0 Å². The smallest absolute Gasteiger partial charge is 0.233 e. The topological polar surface area (TPSA) is 91.9 Å². The Morgan fingerprint density at radius 2 is 2.12 bits per heavy atom. The lowest BCUT2D eigenvalue weighted by Crippen LogP contribution is -2.31. The molecule has 3 rings (SSSR count). The van der Waals surface area contributed by atoms with Crippen LogP contribution in [0.25, 0.3) is 10.9 Å². The molecule has 8 heteroatoms. The maximum atomic E-state index is 12.0. The van der Waals surface area contributed by atoms with Crippen LogP contribution in [0.2, 0.25) is 0 Å². The average molecular weight is 355 g/mol. The minimum Gasteiger partial charge on any atom is -0.343 e. The van der Waals surface area contributed by atoms with E-state index in [1.807, 2.05) is 29.0 Å². The Kier molecular flexibility index (Phi) is 4.42. The zero-order valence-electron chi connectivity index (χ0n) is 13.9. The van der Waals surface area contributed by atoms with Gasteiger partial charge in [-0.15, -0.1) is 0 Å². The number of nitriles is 1. The van der Waals surface area contributed by atoms with E-state index in [2.05, 4.69) is 9.97 Å². The third kappa shape index (κ3) is 3.32. The van der Waals surface area contributed by atoms with Crippen molar-refractivity contribution >= 4 is 26.7 Å². The van der Waals surface area contributed by atoms with E-state index in [9.17, 15) is 8.42 Å². The van der Waals surface area contributed by atoms with E-state index in [-0.39, 0.29) is 0 Å². The number of hydrogen-bond donors (Lipinski definition) is 0. The van der Waals surface area contributed by atoms with Gasteiger partial charge in [0.2, 0.25) is 10.0 Å². The Balaban J connectivity index is 2.07. The summed E-state index contributed by atoms with van der Waals surface area (Å²) < 4.78 is 27.3. The molecule has 128 valence electrons. The van der Waals surface area contributed by atoms with Gasteiger partial charge in [0.1, 0.15) is 17.6 Å². The van der Waals surface area contributed by atoms with Crippen molar-refractivity contribution in [3.63, 3.8) is 0 Å². The van der Waals surface area contributed by atoms with Crippen molar-refractivity contribution in [1.29, 1.82) is 5.26 Å². The van der Waals surface area contributed by atoms with Crippen LogP contribution in [-0.2, 0) is 16.6 Å². The van der Waals surface area contributed by atoms with Crippen molar-refractivity contribution < 1.29 is 8.42 Å². The highest BCUT2D eigenvalue weighted by Gasteiger charge is 2.20. The molecular formula is C17H17N5O2S.